The Morgan fingerprint density at radius 3 is 2.79 bits per heavy atom. The topological polar surface area (TPSA) is 28.2 Å². The van der Waals surface area contributed by atoms with E-state index in [0.29, 0.717) is 5.92 Å². The van der Waals surface area contributed by atoms with Crippen molar-refractivity contribution < 1.29 is 0 Å². The highest BCUT2D eigenvalue weighted by atomic mass is 15.1. The third kappa shape index (κ3) is 4.20. The maximum atomic E-state index is 4.46. The van der Waals surface area contributed by atoms with Gasteiger partial charge in [-0.15, -0.1) is 0 Å². The summed E-state index contributed by atoms with van der Waals surface area (Å²) in [6, 6.07) is 5.08. The summed E-state index contributed by atoms with van der Waals surface area (Å²) in [4.78, 5) is 6.89. The molecule has 2 rings (SSSR count). The molecule has 3 heteroatoms. The molecule has 1 N–H and O–H groups in total. The number of pyridine rings is 1. The van der Waals surface area contributed by atoms with Gasteiger partial charge in [-0.05, 0) is 37.4 Å². The Hall–Kier alpha value is -1.09. The van der Waals surface area contributed by atoms with E-state index in [-0.39, 0.29) is 0 Å². The molecule has 106 valence electrons. The van der Waals surface area contributed by atoms with Crippen LogP contribution in [0.25, 0.3) is 0 Å². The fraction of sp³-hybridized carbons (Fsp3) is 0.688. The second kappa shape index (κ2) is 6.90. The fourth-order valence-electron chi connectivity index (χ4n) is 2.77. The van der Waals surface area contributed by atoms with Crippen LogP contribution in [-0.2, 0) is 6.54 Å². The molecular weight excluding hydrogens is 234 g/mol. The Bertz CT molecular complexity index is 383. The lowest BCUT2D eigenvalue weighted by Crippen LogP contribution is -2.29. The first-order chi connectivity index (χ1) is 9.16. The zero-order valence-electron chi connectivity index (χ0n) is 12.5. The molecule has 0 saturated heterocycles. The van der Waals surface area contributed by atoms with E-state index < -0.39 is 0 Å². The summed E-state index contributed by atoms with van der Waals surface area (Å²) in [5, 5.41) is 3.46. The first kappa shape index (κ1) is 14.3. The summed E-state index contributed by atoms with van der Waals surface area (Å²) >= 11 is 0. The van der Waals surface area contributed by atoms with E-state index >= 15 is 0 Å². The molecule has 0 aliphatic heterocycles. The van der Waals surface area contributed by atoms with Gasteiger partial charge < -0.3 is 10.2 Å². The summed E-state index contributed by atoms with van der Waals surface area (Å²) in [6.45, 7) is 6.37. The summed E-state index contributed by atoms with van der Waals surface area (Å²) < 4.78 is 0. The van der Waals surface area contributed by atoms with Gasteiger partial charge in [0.25, 0.3) is 0 Å². The molecule has 0 spiro atoms. The standard InChI is InChI=1S/C16H27N3/c1-13(2)11-17-12-14-10-16(8-9-18-14)19(3)15-6-4-5-7-15/h8-10,13,15,17H,4-7,11-12H2,1-3H3. The second-order valence-corrected chi connectivity index (χ2v) is 6.08. The Morgan fingerprint density at radius 1 is 1.37 bits per heavy atom. The average Bonchev–Trinajstić information content (AvgIpc) is 2.91. The Kier molecular flexibility index (Phi) is 5.20. The molecule has 1 aliphatic carbocycles. The van der Waals surface area contributed by atoms with Gasteiger partial charge in [0.2, 0.25) is 0 Å². The van der Waals surface area contributed by atoms with Crippen LogP contribution in [-0.4, -0.2) is 24.6 Å². The van der Waals surface area contributed by atoms with E-state index in [2.05, 4.69) is 48.2 Å². The van der Waals surface area contributed by atoms with Crippen LogP contribution in [0.2, 0.25) is 0 Å². The maximum absolute atomic E-state index is 4.46. The highest BCUT2D eigenvalue weighted by Crippen LogP contribution is 2.26. The number of aromatic nitrogens is 1. The van der Waals surface area contributed by atoms with Crippen molar-refractivity contribution in [2.24, 2.45) is 5.92 Å². The lowest BCUT2D eigenvalue weighted by molar-refractivity contribution is 0.548. The normalized spacial score (nSPS) is 16.2. The van der Waals surface area contributed by atoms with E-state index in [1.807, 2.05) is 6.20 Å². The third-order valence-corrected chi connectivity index (χ3v) is 3.94. The van der Waals surface area contributed by atoms with Crippen LogP contribution < -0.4 is 10.2 Å². The van der Waals surface area contributed by atoms with Crippen molar-refractivity contribution in [3.05, 3.63) is 24.0 Å². The zero-order chi connectivity index (χ0) is 13.7. The number of nitrogens with one attached hydrogen (secondary N) is 1. The largest absolute Gasteiger partial charge is 0.372 e. The first-order valence-corrected chi connectivity index (χ1v) is 7.55. The summed E-state index contributed by atoms with van der Waals surface area (Å²) in [5.74, 6) is 0.685. The van der Waals surface area contributed by atoms with Gasteiger partial charge >= 0.3 is 0 Å². The molecule has 0 bridgehead atoms. The van der Waals surface area contributed by atoms with Crippen molar-refractivity contribution in [1.82, 2.24) is 10.3 Å². The lowest BCUT2D eigenvalue weighted by atomic mass is 10.2. The van der Waals surface area contributed by atoms with Gasteiger partial charge in [-0.1, -0.05) is 26.7 Å². The van der Waals surface area contributed by atoms with Crippen molar-refractivity contribution in [3.63, 3.8) is 0 Å². The molecule has 3 nitrogen and oxygen atoms in total. The van der Waals surface area contributed by atoms with Crippen LogP contribution in [0.4, 0.5) is 5.69 Å². The SMILES string of the molecule is CC(C)CNCc1cc(N(C)C2CCCC2)ccn1. The number of anilines is 1. The number of rotatable bonds is 6. The Morgan fingerprint density at radius 2 is 2.11 bits per heavy atom. The van der Waals surface area contributed by atoms with Crippen LogP contribution >= 0.6 is 0 Å². The van der Waals surface area contributed by atoms with E-state index in [0.717, 1.165) is 24.8 Å². The first-order valence-electron chi connectivity index (χ1n) is 7.55. The van der Waals surface area contributed by atoms with Crippen LogP contribution in [0, 0.1) is 5.92 Å². The van der Waals surface area contributed by atoms with Crippen LogP contribution in [0.3, 0.4) is 0 Å². The molecule has 19 heavy (non-hydrogen) atoms. The molecule has 1 aromatic heterocycles. The highest BCUT2D eigenvalue weighted by molar-refractivity contribution is 5.46. The molecule has 0 amide bonds. The van der Waals surface area contributed by atoms with Crippen LogP contribution in [0.5, 0.6) is 0 Å². The molecule has 1 fully saturated rings. The van der Waals surface area contributed by atoms with Crippen molar-refractivity contribution in [1.29, 1.82) is 0 Å². The van der Waals surface area contributed by atoms with Gasteiger partial charge in [-0.2, -0.15) is 0 Å². The molecule has 1 heterocycles. The quantitative estimate of drug-likeness (QED) is 0.852. The predicted molar refractivity (Wildman–Crippen MR) is 81.4 cm³/mol. The molecule has 0 aromatic carbocycles. The van der Waals surface area contributed by atoms with Crippen molar-refractivity contribution in [3.8, 4) is 0 Å². The predicted octanol–water partition coefficient (Wildman–Crippen LogP) is 3.21. The third-order valence-electron chi connectivity index (χ3n) is 3.94. The number of hydrogen-bond acceptors (Lipinski definition) is 3. The van der Waals surface area contributed by atoms with Gasteiger partial charge in [-0.3, -0.25) is 4.98 Å². The summed E-state index contributed by atoms with van der Waals surface area (Å²) in [6.07, 6.45) is 7.36. The zero-order valence-corrected chi connectivity index (χ0v) is 12.5. The van der Waals surface area contributed by atoms with E-state index in [1.165, 1.54) is 31.4 Å². The van der Waals surface area contributed by atoms with Gasteiger partial charge in [0.05, 0.1) is 5.69 Å². The lowest BCUT2D eigenvalue weighted by Gasteiger charge is -2.26. The van der Waals surface area contributed by atoms with Gasteiger partial charge in [0, 0.05) is 31.5 Å². The van der Waals surface area contributed by atoms with E-state index in [9.17, 15) is 0 Å². The van der Waals surface area contributed by atoms with Crippen molar-refractivity contribution in [2.75, 3.05) is 18.5 Å². The average molecular weight is 261 g/mol. The van der Waals surface area contributed by atoms with Crippen molar-refractivity contribution >= 4 is 5.69 Å². The van der Waals surface area contributed by atoms with E-state index in [1.54, 1.807) is 0 Å². The van der Waals surface area contributed by atoms with Crippen LogP contribution in [0.1, 0.15) is 45.2 Å². The minimum absolute atomic E-state index is 0.685. The molecule has 1 aliphatic rings. The summed E-state index contributed by atoms with van der Waals surface area (Å²) in [5.41, 5.74) is 2.45. The minimum atomic E-state index is 0.685. The van der Waals surface area contributed by atoms with Crippen LogP contribution in [0.15, 0.2) is 18.3 Å². The smallest absolute Gasteiger partial charge is 0.0562 e. The number of nitrogens with zero attached hydrogens (tertiary/aromatic N) is 2. The Labute approximate surface area is 117 Å². The van der Waals surface area contributed by atoms with Gasteiger partial charge in [0.1, 0.15) is 0 Å². The van der Waals surface area contributed by atoms with E-state index in [4.69, 9.17) is 0 Å². The second-order valence-electron chi connectivity index (χ2n) is 6.08. The highest BCUT2D eigenvalue weighted by Gasteiger charge is 2.19. The molecule has 1 aromatic rings. The van der Waals surface area contributed by atoms with Gasteiger partial charge in [0.15, 0.2) is 0 Å². The molecule has 0 radical (unpaired) electrons. The number of hydrogen-bond donors (Lipinski definition) is 1. The molecule has 0 atom stereocenters. The minimum Gasteiger partial charge on any atom is -0.372 e. The fourth-order valence-corrected chi connectivity index (χ4v) is 2.77. The van der Waals surface area contributed by atoms with Crippen molar-refractivity contribution in [2.45, 2.75) is 52.1 Å². The Balaban J connectivity index is 1.94. The van der Waals surface area contributed by atoms with Gasteiger partial charge in [-0.25, -0.2) is 0 Å². The molecule has 1 saturated carbocycles. The maximum Gasteiger partial charge on any atom is 0.0562 e. The summed E-state index contributed by atoms with van der Waals surface area (Å²) in [7, 11) is 2.22. The monoisotopic (exact) mass is 261 g/mol. The molecule has 0 unspecified atom stereocenters. The molecular formula is C16H27N3.